The smallest absolute Gasteiger partial charge is 0.243 e. The molecule has 0 amide bonds. The van der Waals surface area contributed by atoms with Gasteiger partial charge in [-0.25, -0.2) is 8.42 Å². The Kier molecular flexibility index (Phi) is 4.85. The molecule has 7 heteroatoms. The molecule has 0 aliphatic carbocycles. The van der Waals surface area contributed by atoms with Gasteiger partial charge in [0.2, 0.25) is 10.0 Å². The van der Waals surface area contributed by atoms with Crippen molar-refractivity contribution < 1.29 is 13.2 Å². The van der Waals surface area contributed by atoms with E-state index in [1.54, 1.807) is 38.4 Å². The molecule has 0 atom stereocenters. The van der Waals surface area contributed by atoms with E-state index < -0.39 is 10.0 Å². The van der Waals surface area contributed by atoms with Gasteiger partial charge in [0.25, 0.3) is 0 Å². The summed E-state index contributed by atoms with van der Waals surface area (Å²) in [5.41, 5.74) is 0. The van der Waals surface area contributed by atoms with Gasteiger partial charge in [-0.15, -0.1) is 11.3 Å². The topological polar surface area (TPSA) is 46.6 Å². The highest BCUT2D eigenvalue weighted by Gasteiger charge is 2.21. The maximum Gasteiger partial charge on any atom is 0.243 e. The van der Waals surface area contributed by atoms with Crippen molar-refractivity contribution in [3.63, 3.8) is 0 Å². The molecule has 0 unspecified atom stereocenters. The molecule has 0 saturated carbocycles. The predicted octanol–water partition coefficient (Wildman–Crippen LogP) is 3.34. The molecule has 4 nitrogen and oxygen atoms in total. The first-order valence-corrected chi connectivity index (χ1v) is 8.83. The highest BCUT2D eigenvalue weighted by atomic mass is 79.9. The Morgan fingerprint density at radius 2 is 1.85 bits per heavy atom. The summed E-state index contributed by atoms with van der Waals surface area (Å²) < 4.78 is 32.2. The average molecular weight is 376 g/mol. The average Bonchev–Trinajstić information content (AvgIpc) is 2.84. The van der Waals surface area contributed by atoms with Crippen LogP contribution in [0.4, 0.5) is 0 Å². The summed E-state index contributed by atoms with van der Waals surface area (Å²) in [4.78, 5) is 1.24. The minimum Gasteiger partial charge on any atom is -0.497 e. The van der Waals surface area contributed by atoms with Gasteiger partial charge in [-0.2, -0.15) is 4.31 Å². The van der Waals surface area contributed by atoms with Gasteiger partial charge in [0, 0.05) is 18.5 Å². The molecule has 0 bridgehead atoms. The molecule has 20 heavy (non-hydrogen) atoms. The molecule has 1 aromatic carbocycles. The number of nitrogens with zero attached hydrogens (tertiary/aromatic N) is 1. The lowest BCUT2D eigenvalue weighted by Crippen LogP contribution is -2.26. The van der Waals surface area contributed by atoms with Crippen molar-refractivity contribution in [3.05, 3.63) is 45.1 Å². The molecule has 2 rings (SSSR count). The van der Waals surface area contributed by atoms with Crippen LogP contribution in [-0.4, -0.2) is 26.9 Å². The lowest BCUT2D eigenvalue weighted by Gasteiger charge is -2.16. The second-order valence-corrected chi connectivity index (χ2v) is 8.73. The Hall–Kier alpha value is -0.890. The first-order chi connectivity index (χ1) is 9.43. The maximum atomic E-state index is 12.4. The van der Waals surface area contributed by atoms with E-state index in [0.717, 1.165) is 8.66 Å². The van der Waals surface area contributed by atoms with E-state index in [-0.39, 0.29) is 4.90 Å². The number of ether oxygens (including phenoxy) is 1. The number of rotatable bonds is 5. The number of sulfonamides is 1. The Labute approximate surface area is 131 Å². The van der Waals surface area contributed by atoms with Crippen molar-refractivity contribution in [2.75, 3.05) is 14.2 Å². The van der Waals surface area contributed by atoms with E-state index in [0.29, 0.717) is 12.3 Å². The van der Waals surface area contributed by atoms with E-state index >= 15 is 0 Å². The molecule has 0 spiro atoms. The van der Waals surface area contributed by atoms with Crippen LogP contribution in [0, 0.1) is 0 Å². The molecule has 2 aromatic rings. The van der Waals surface area contributed by atoms with Gasteiger partial charge < -0.3 is 4.74 Å². The van der Waals surface area contributed by atoms with Crippen molar-refractivity contribution in [2.45, 2.75) is 11.4 Å². The highest BCUT2D eigenvalue weighted by Crippen LogP contribution is 2.25. The summed E-state index contributed by atoms with van der Waals surface area (Å²) in [5.74, 6) is 0.633. The molecule has 0 fully saturated rings. The third kappa shape index (κ3) is 3.41. The molecule has 1 heterocycles. The van der Waals surface area contributed by atoms with Gasteiger partial charge in [0.05, 0.1) is 15.8 Å². The van der Waals surface area contributed by atoms with Crippen LogP contribution < -0.4 is 4.74 Å². The minimum atomic E-state index is -3.48. The molecule has 0 aliphatic heterocycles. The highest BCUT2D eigenvalue weighted by molar-refractivity contribution is 9.11. The largest absolute Gasteiger partial charge is 0.497 e. The fraction of sp³-hybridized carbons (Fsp3) is 0.231. The van der Waals surface area contributed by atoms with Crippen molar-refractivity contribution in [2.24, 2.45) is 0 Å². The minimum absolute atomic E-state index is 0.261. The van der Waals surface area contributed by atoms with Crippen LogP contribution >= 0.6 is 27.3 Å². The van der Waals surface area contributed by atoms with E-state index in [2.05, 4.69) is 15.9 Å². The van der Waals surface area contributed by atoms with E-state index in [1.807, 2.05) is 12.1 Å². The zero-order valence-corrected chi connectivity index (χ0v) is 14.3. The maximum absolute atomic E-state index is 12.4. The van der Waals surface area contributed by atoms with Gasteiger partial charge in [0.15, 0.2) is 0 Å². The van der Waals surface area contributed by atoms with E-state index in [4.69, 9.17) is 4.74 Å². The normalized spacial score (nSPS) is 11.8. The molecule has 0 aliphatic rings. The van der Waals surface area contributed by atoms with Crippen LogP contribution in [0.5, 0.6) is 5.75 Å². The number of hydrogen-bond donors (Lipinski definition) is 0. The fourth-order valence-electron chi connectivity index (χ4n) is 1.67. The van der Waals surface area contributed by atoms with Gasteiger partial charge in [0.1, 0.15) is 5.75 Å². The van der Waals surface area contributed by atoms with Gasteiger partial charge >= 0.3 is 0 Å². The number of halogens is 1. The summed E-state index contributed by atoms with van der Waals surface area (Å²) in [6.07, 6.45) is 0. The summed E-state index contributed by atoms with van der Waals surface area (Å²) in [5, 5.41) is 0. The van der Waals surface area contributed by atoms with Crippen molar-refractivity contribution in [1.82, 2.24) is 4.31 Å². The lowest BCUT2D eigenvalue weighted by molar-refractivity contribution is 0.414. The van der Waals surface area contributed by atoms with Crippen LogP contribution in [-0.2, 0) is 16.6 Å². The van der Waals surface area contributed by atoms with Crippen LogP contribution in [0.15, 0.2) is 45.1 Å². The summed E-state index contributed by atoms with van der Waals surface area (Å²) in [7, 11) is -0.361. The molecular weight excluding hydrogens is 362 g/mol. The quantitative estimate of drug-likeness (QED) is 0.804. The molecule has 1 aromatic heterocycles. The van der Waals surface area contributed by atoms with E-state index in [9.17, 15) is 8.42 Å². The lowest BCUT2D eigenvalue weighted by atomic mass is 10.3. The first kappa shape index (κ1) is 15.5. The summed E-state index contributed by atoms with van der Waals surface area (Å²) in [6.45, 7) is 0.352. The van der Waals surface area contributed by atoms with Crippen molar-refractivity contribution in [1.29, 1.82) is 0 Å². The second kappa shape index (κ2) is 6.26. The van der Waals surface area contributed by atoms with Crippen LogP contribution in [0.2, 0.25) is 0 Å². The Morgan fingerprint density at radius 3 is 2.35 bits per heavy atom. The number of benzene rings is 1. The number of methoxy groups -OCH3 is 1. The molecule has 0 radical (unpaired) electrons. The Bertz CT molecular complexity index is 680. The van der Waals surface area contributed by atoms with Crippen molar-refractivity contribution >= 4 is 37.3 Å². The number of thiophene rings is 1. The Morgan fingerprint density at radius 1 is 1.20 bits per heavy atom. The van der Waals surface area contributed by atoms with Crippen molar-refractivity contribution in [3.8, 4) is 5.75 Å². The second-order valence-electron chi connectivity index (χ2n) is 4.14. The third-order valence-electron chi connectivity index (χ3n) is 2.77. The zero-order valence-electron chi connectivity index (χ0n) is 11.0. The molecule has 0 saturated heterocycles. The predicted molar refractivity (Wildman–Crippen MR) is 83.7 cm³/mol. The summed E-state index contributed by atoms with van der Waals surface area (Å²) in [6, 6.07) is 10.2. The molecular formula is C13H14BrNO3S2. The van der Waals surface area contributed by atoms with Crippen LogP contribution in [0.3, 0.4) is 0 Å². The SMILES string of the molecule is COc1ccc(S(=O)(=O)N(C)Cc2ccc(Br)s2)cc1. The Balaban J connectivity index is 2.19. The number of hydrogen-bond acceptors (Lipinski definition) is 4. The van der Waals surface area contributed by atoms with Gasteiger partial charge in [-0.3, -0.25) is 0 Å². The van der Waals surface area contributed by atoms with Crippen LogP contribution in [0.1, 0.15) is 4.88 Å². The monoisotopic (exact) mass is 375 g/mol. The fourth-order valence-corrected chi connectivity index (χ4v) is 4.44. The molecule has 108 valence electrons. The molecule has 0 N–H and O–H groups in total. The first-order valence-electron chi connectivity index (χ1n) is 5.78. The summed E-state index contributed by atoms with van der Waals surface area (Å²) >= 11 is 4.89. The van der Waals surface area contributed by atoms with Crippen LogP contribution in [0.25, 0.3) is 0 Å². The third-order valence-corrected chi connectivity index (χ3v) is 6.20. The van der Waals surface area contributed by atoms with Gasteiger partial charge in [-0.05, 0) is 52.3 Å². The standard InChI is InChI=1S/C13H14BrNO3S2/c1-15(9-11-5-8-13(14)19-11)20(16,17)12-6-3-10(18-2)4-7-12/h3-8H,9H2,1-2H3. The van der Waals surface area contributed by atoms with Gasteiger partial charge in [-0.1, -0.05) is 0 Å². The zero-order chi connectivity index (χ0) is 14.8. The van der Waals surface area contributed by atoms with E-state index in [1.165, 1.54) is 15.6 Å².